The van der Waals surface area contributed by atoms with Crippen LogP contribution in [0.1, 0.15) is 43.9 Å². The lowest BCUT2D eigenvalue weighted by Crippen LogP contribution is -2.23. The van der Waals surface area contributed by atoms with Gasteiger partial charge in [-0.05, 0) is 60.4 Å². The molecule has 1 N–H and O–H groups in total. The van der Waals surface area contributed by atoms with E-state index in [1.807, 2.05) is 0 Å². The number of hydrogen-bond donors (Lipinski definition) is 1. The molecule has 2 aliphatic rings. The van der Waals surface area contributed by atoms with Crippen molar-refractivity contribution in [2.75, 3.05) is 23.3 Å². The predicted molar refractivity (Wildman–Crippen MR) is 121 cm³/mol. The third-order valence-corrected chi connectivity index (χ3v) is 6.40. The monoisotopic (exact) mass is 382 g/mol. The van der Waals surface area contributed by atoms with Crippen LogP contribution < -0.4 is 10.2 Å². The first kappa shape index (κ1) is 18.0. The molecule has 3 heteroatoms. The van der Waals surface area contributed by atoms with Gasteiger partial charge < -0.3 is 10.2 Å². The number of rotatable bonds is 4. The summed E-state index contributed by atoms with van der Waals surface area (Å²) in [5.41, 5.74) is 6.94. The molecule has 0 bridgehead atoms. The van der Waals surface area contributed by atoms with Crippen LogP contribution in [0.3, 0.4) is 0 Å². The molecule has 0 spiro atoms. The highest BCUT2D eigenvalue weighted by molar-refractivity contribution is 6.14. The fraction of sp³-hybridized carbons (Fsp3) is 0.269. The van der Waals surface area contributed by atoms with E-state index in [0.717, 1.165) is 36.3 Å². The Hall–Kier alpha value is -3.07. The summed E-state index contributed by atoms with van der Waals surface area (Å²) in [5.74, 6) is 0.281. The van der Waals surface area contributed by atoms with Crippen LogP contribution in [0.4, 0.5) is 11.4 Å². The van der Waals surface area contributed by atoms with Crippen LogP contribution >= 0.6 is 0 Å². The lowest BCUT2D eigenvalue weighted by molar-refractivity contribution is -0.115. The highest BCUT2D eigenvalue weighted by atomic mass is 16.1. The molecule has 0 unspecified atom stereocenters. The fourth-order valence-electron chi connectivity index (χ4n) is 4.93. The molecule has 1 aliphatic heterocycles. The normalized spacial score (nSPS) is 17.9. The summed E-state index contributed by atoms with van der Waals surface area (Å²) in [6, 6.07) is 21.4. The van der Waals surface area contributed by atoms with Gasteiger partial charge in [0.15, 0.2) is 5.78 Å². The molecular weight excluding hydrogens is 356 g/mol. The summed E-state index contributed by atoms with van der Waals surface area (Å²) in [5, 5.41) is 6.15. The molecule has 0 aromatic heterocycles. The molecule has 0 amide bonds. The Morgan fingerprint density at radius 3 is 2.45 bits per heavy atom. The van der Waals surface area contributed by atoms with Crippen molar-refractivity contribution in [1.29, 1.82) is 0 Å². The van der Waals surface area contributed by atoms with E-state index in [9.17, 15) is 4.79 Å². The average Bonchev–Trinajstić information content (AvgIpc) is 3.16. The number of allylic oxidation sites excluding steroid dienone is 1. The first-order valence-electron chi connectivity index (χ1n) is 10.6. The SMILES string of the molecule is CCN(CC)c1ccc([C@@H]2Nc3ccc4ccccc4c3C3=C2C(=O)CC3)cc1. The van der Waals surface area contributed by atoms with E-state index in [0.29, 0.717) is 6.42 Å². The molecule has 1 atom stereocenters. The topological polar surface area (TPSA) is 32.3 Å². The van der Waals surface area contributed by atoms with E-state index < -0.39 is 0 Å². The van der Waals surface area contributed by atoms with Crippen molar-refractivity contribution in [1.82, 2.24) is 0 Å². The van der Waals surface area contributed by atoms with Gasteiger partial charge in [0.2, 0.25) is 0 Å². The van der Waals surface area contributed by atoms with Gasteiger partial charge in [0, 0.05) is 42.0 Å². The number of ketones is 1. The van der Waals surface area contributed by atoms with Gasteiger partial charge in [-0.2, -0.15) is 0 Å². The number of nitrogens with one attached hydrogen (secondary N) is 1. The summed E-state index contributed by atoms with van der Waals surface area (Å²) in [6.07, 6.45) is 1.45. The van der Waals surface area contributed by atoms with Crippen LogP contribution in [0.2, 0.25) is 0 Å². The second-order valence-electron chi connectivity index (χ2n) is 7.87. The second kappa shape index (κ2) is 7.07. The third kappa shape index (κ3) is 2.84. The molecule has 0 saturated heterocycles. The van der Waals surface area contributed by atoms with Gasteiger partial charge >= 0.3 is 0 Å². The van der Waals surface area contributed by atoms with Gasteiger partial charge in [-0.25, -0.2) is 0 Å². The highest BCUT2D eigenvalue weighted by Gasteiger charge is 2.36. The molecule has 3 nitrogen and oxygen atoms in total. The van der Waals surface area contributed by atoms with Gasteiger partial charge in [-0.3, -0.25) is 4.79 Å². The number of benzene rings is 3. The van der Waals surface area contributed by atoms with Gasteiger partial charge in [-0.1, -0.05) is 42.5 Å². The molecule has 1 aliphatic carbocycles. The maximum atomic E-state index is 12.9. The minimum Gasteiger partial charge on any atom is -0.373 e. The Bertz CT molecular complexity index is 1120. The number of fused-ring (bicyclic) bond motifs is 4. The van der Waals surface area contributed by atoms with Crippen molar-refractivity contribution in [3.05, 3.63) is 77.4 Å². The van der Waals surface area contributed by atoms with Crippen molar-refractivity contribution >= 4 is 33.5 Å². The van der Waals surface area contributed by atoms with Crippen molar-refractivity contribution in [3.8, 4) is 0 Å². The predicted octanol–water partition coefficient (Wildman–Crippen LogP) is 5.97. The van der Waals surface area contributed by atoms with Crippen LogP contribution in [0, 0.1) is 0 Å². The van der Waals surface area contributed by atoms with Crippen molar-refractivity contribution < 1.29 is 4.79 Å². The molecule has 146 valence electrons. The standard InChI is InChI=1S/C26H26N2O/c1-3-28(4-2)19-12-9-18(10-13-19)26-25-21(14-16-23(25)29)24-20-8-6-5-7-17(20)11-15-22(24)27-26/h5-13,15,26-27H,3-4,14,16H2,1-2H3/t26-/m0/s1. The van der Waals surface area contributed by atoms with Crippen LogP contribution in [0.5, 0.6) is 0 Å². The number of hydrogen-bond acceptors (Lipinski definition) is 3. The molecular formula is C26H26N2O. The zero-order valence-electron chi connectivity index (χ0n) is 17.0. The Morgan fingerprint density at radius 1 is 0.931 bits per heavy atom. The van der Waals surface area contributed by atoms with Gasteiger partial charge in [0.25, 0.3) is 0 Å². The first-order valence-corrected chi connectivity index (χ1v) is 10.6. The van der Waals surface area contributed by atoms with Crippen molar-refractivity contribution in [2.24, 2.45) is 0 Å². The maximum absolute atomic E-state index is 12.9. The lowest BCUT2D eigenvalue weighted by Gasteiger charge is -2.30. The number of anilines is 2. The highest BCUT2D eigenvalue weighted by Crippen LogP contribution is 2.48. The summed E-state index contributed by atoms with van der Waals surface area (Å²) >= 11 is 0. The molecule has 0 saturated carbocycles. The lowest BCUT2D eigenvalue weighted by atomic mass is 9.85. The molecule has 5 rings (SSSR count). The zero-order valence-corrected chi connectivity index (χ0v) is 17.0. The number of nitrogens with zero attached hydrogens (tertiary/aromatic N) is 1. The van der Waals surface area contributed by atoms with E-state index in [1.165, 1.54) is 27.6 Å². The van der Waals surface area contributed by atoms with Crippen LogP contribution in [-0.4, -0.2) is 18.9 Å². The number of Topliss-reactive ketones (excluding diaryl/α,β-unsaturated/α-hetero) is 1. The van der Waals surface area contributed by atoms with Gasteiger partial charge in [-0.15, -0.1) is 0 Å². The molecule has 0 fully saturated rings. The van der Waals surface area contributed by atoms with Gasteiger partial charge in [0.05, 0.1) is 6.04 Å². The van der Waals surface area contributed by atoms with Crippen LogP contribution in [-0.2, 0) is 4.79 Å². The van der Waals surface area contributed by atoms with Crippen LogP contribution in [0.15, 0.2) is 66.2 Å². The van der Waals surface area contributed by atoms with E-state index >= 15 is 0 Å². The summed E-state index contributed by atoms with van der Waals surface area (Å²) in [7, 11) is 0. The first-order chi connectivity index (χ1) is 14.2. The van der Waals surface area contributed by atoms with E-state index in [-0.39, 0.29) is 11.8 Å². The summed E-state index contributed by atoms with van der Waals surface area (Å²) in [4.78, 5) is 15.2. The minimum atomic E-state index is -0.0700. The molecule has 3 aromatic carbocycles. The number of carbonyl (C=O) groups excluding carboxylic acids is 1. The van der Waals surface area contributed by atoms with E-state index in [4.69, 9.17) is 0 Å². The smallest absolute Gasteiger partial charge is 0.161 e. The van der Waals surface area contributed by atoms with Gasteiger partial charge in [0.1, 0.15) is 0 Å². The largest absolute Gasteiger partial charge is 0.373 e. The average molecular weight is 383 g/mol. The quantitative estimate of drug-likeness (QED) is 0.603. The molecule has 1 heterocycles. The maximum Gasteiger partial charge on any atom is 0.161 e. The third-order valence-electron chi connectivity index (χ3n) is 6.40. The summed E-state index contributed by atoms with van der Waals surface area (Å²) in [6.45, 7) is 6.34. The number of carbonyl (C=O) groups is 1. The summed E-state index contributed by atoms with van der Waals surface area (Å²) < 4.78 is 0. The Balaban J connectivity index is 1.62. The second-order valence-corrected chi connectivity index (χ2v) is 7.87. The Kier molecular flexibility index (Phi) is 4.39. The molecule has 0 radical (unpaired) electrons. The molecule has 29 heavy (non-hydrogen) atoms. The Morgan fingerprint density at radius 2 is 1.69 bits per heavy atom. The fourth-order valence-corrected chi connectivity index (χ4v) is 4.93. The zero-order chi connectivity index (χ0) is 20.0. The molecule has 3 aromatic rings. The van der Waals surface area contributed by atoms with Crippen molar-refractivity contribution in [3.63, 3.8) is 0 Å². The van der Waals surface area contributed by atoms with Crippen molar-refractivity contribution in [2.45, 2.75) is 32.7 Å². The van der Waals surface area contributed by atoms with Crippen LogP contribution in [0.25, 0.3) is 16.3 Å². The van der Waals surface area contributed by atoms with E-state index in [1.54, 1.807) is 0 Å². The van der Waals surface area contributed by atoms with E-state index in [2.05, 4.69) is 84.7 Å². The minimum absolute atomic E-state index is 0.0700. The Labute approximate surface area is 172 Å².